The minimum Gasteiger partial charge on any atom is -0.502 e. The lowest BCUT2D eigenvalue weighted by Gasteiger charge is -2.06. The molecule has 0 aliphatic carbocycles. The summed E-state index contributed by atoms with van der Waals surface area (Å²) in [6.07, 6.45) is 0. The Kier molecular flexibility index (Phi) is 3.29. The number of benzene rings is 2. The molecule has 0 aliphatic rings. The van der Waals surface area contributed by atoms with E-state index in [0.29, 0.717) is 11.1 Å². The van der Waals surface area contributed by atoms with Gasteiger partial charge in [-0.3, -0.25) is 14.9 Å². The van der Waals surface area contributed by atoms with Crippen molar-refractivity contribution in [3.05, 3.63) is 69.3 Å². The average Bonchev–Trinajstić information content (AvgIpc) is 2.41. The first-order chi connectivity index (χ1) is 9.00. The van der Waals surface area contributed by atoms with Gasteiger partial charge in [-0.25, -0.2) is 0 Å². The van der Waals surface area contributed by atoms with Gasteiger partial charge in [-0.1, -0.05) is 30.3 Å². The standard InChI is InChI=1S/C14H11NO4/c1-9-7-11(14(17)12(8-9)15(18)19)13(16)10-5-3-2-4-6-10/h2-8,17H,1H3. The first-order valence-electron chi connectivity index (χ1n) is 5.58. The van der Waals surface area contributed by atoms with Gasteiger partial charge >= 0.3 is 5.69 Å². The molecule has 0 aromatic heterocycles. The monoisotopic (exact) mass is 257 g/mol. The van der Waals surface area contributed by atoms with Crippen molar-refractivity contribution in [1.82, 2.24) is 0 Å². The van der Waals surface area contributed by atoms with Crippen molar-refractivity contribution in [3.63, 3.8) is 0 Å². The van der Waals surface area contributed by atoms with Crippen molar-refractivity contribution in [2.45, 2.75) is 6.92 Å². The number of phenolic OH excluding ortho intramolecular Hbond substituents is 1. The number of nitro groups is 1. The van der Waals surface area contributed by atoms with E-state index < -0.39 is 22.1 Å². The van der Waals surface area contributed by atoms with Crippen molar-refractivity contribution >= 4 is 11.5 Å². The van der Waals surface area contributed by atoms with Crippen molar-refractivity contribution < 1.29 is 14.8 Å². The molecule has 0 saturated carbocycles. The van der Waals surface area contributed by atoms with Crippen LogP contribution in [-0.4, -0.2) is 15.8 Å². The number of rotatable bonds is 3. The highest BCUT2D eigenvalue weighted by atomic mass is 16.6. The molecule has 2 aromatic carbocycles. The summed E-state index contributed by atoms with van der Waals surface area (Å²) in [6, 6.07) is 11.0. The van der Waals surface area contributed by atoms with Gasteiger partial charge in [-0.05, 0) is 18.6 Å². The molecule has 0 atom stereocenters. The third kappa shape index (κ3) is 2.44. The summed E-state index contributed by atoms with van der Waals surface area (Å²) in [4.78, 5) is 22.3. The third-order valence-electron chi connectivity index (χ3n) is 2.71. The fourth-order valence-electron chi connectivity index (χ4n) is 1.82. The van der Waals surface area contributed by atoms with Crippen molar-refractivity contribution in [3.8, 4) is 5.75 Å². The van der Waals surface area contributed by atoms with Crippen molar-refractivity contribution in [2.24, 2.45) is 0 Å². The molecule has 19 heavy (non-hydrogen) atoms. The minimum atomic E-state index is -0.704. The molecule has 0 radical (unpaired) electrons. The van der Waals surface area contributed by atoms with Crippen LogP contribution < -0.4 is 0 Å². The third-order valence-corrected chi connectivity index (χ3v) is 2.71. The Morgan fingerprint density at radius 3 is 2.42 bits per heavy atom. The van der Waals surface area contributed by atoms with E-state index >= 15 is 0 Å². The van der Waals surface area contributed by atoms with Crippen LogP contribution in [0.3, 0.4) is 0 Å². The maximum absolute atomic E-state index is 12.2. The van der Waals surface area contributed by atoms with Gasteiger partial charge in [0.05, 0.1) is 10.5 Å². The lowest BCUT2D eigenvalue weighted by molar-refractivity contribution is -0.385. The van der Waals surface area contributed by atoms with E-state index in [1.165, 1.54) is 12.1 Å². The normalized spacial score (nSPS) is 10.2. The smallest absolute Gasteiger partial charge is 0.311 e. The highest BCUT2D eigenvalue weighted by molar-refractivity contribution is 6.11. The van der Waals surface area contributed by atoms with E-state index in [1.54, 1.807) is 37.3 Å². The van der Waals surface area contributed by atoms with E-state index in [9.17, 15) is 20.0 Å². The summed E-state index contributed by atoms with van der Waals surface area (Å²) in [5.41, 5.74) is 0.402. The molecule has 0 heterocycles. The summed E-state index contributed by atoms with van der Waals surface area (Å²) >= 11 is 0. The van der Waals surface area contributed by atoms with E-state index in [-0.39, 0.29) is 5.56 Å². The van der Waals surface area contributed by atoms with Crippen molar-refractivity contribution in [1.29, 1.82) is 0 Å². The van der Waals surface area contributed by atoms with Gasteiger partial charge in [0.15, 0.2) is 5.78 Å². The molecule has 5 heteroatoms. The number of nitro benzene ring substituents is 1. The van der Waals surface area contributed by atoms with Crippen LogP contribution >= 0.6 is 0 Å². The lowest BCUT2D eigenvalue weighted by atomic mass is 10.00. The molecule has 0 spiro atoms. The molecule has 96 valence electrons. The van der Waals surface area contributed by atoms with Gasteiger partial charge in [0.25, 0.3) is 0 Å². The summed E-state index contributed by atoms with van der Waals surface area (Å²) < 4.78 is 0. The molecule has 2 aromatic rings. The van der Waals surface area contributed by atoms with Gasteiger partial charge in [0.2, 0.25) is 5.75 Å². The molecule has 5 nitrogen and oxygen atoms in total. The Balaban J connectivity index is 2.57. The number of aryl methyl sites for hydroxylation is 1. The molecular weight excluding hydrogens is 246 g/mol. The Morgan fingerprint density at radius 2 is 1.84 bits per heavy atom. The number of aromatic hydroxyl groups is 1. The number of carbonyl (C=O) groups is 1. The van der Waals surface area contributed by atoms with E-state index in [4.69, 9.17) is 0 Å². The van der Waals surface area contributed by atoms with E-state index in [0.717, 1.165) is 0 Å². The van der Waals surface area contributed by atoms with Crippen LogP contribution in [0.5, 0.6) is 5.75 Å². The Labute approximate surface area is 109 Å². The molecular formula is C14H11NO4. The van der Waals surface area contributed by atoms with Gasteiger partial charge in [-0.15, -0.1) is 0 Å². The molecule has 0 saturated heterocycles. The largest absolute Gasteiger partial charge is 0.502 e. The van der Waals surface area contributed by atoms with Gasteiger partial charge in [0, 0.05) is 11.6 Å². The highest BCUT2D eigenvalue weighted by Crippen LogP contribution is 2.32. The SMILES string of the molecule is Cc1cc(C(=O)c2ccccc2)c(O)c([N+](=O)[O-])c1. The fraction of sp³-hybridized carbons (Fsp3) is 0.0714. The molecule has 0 aliphatic heterocycles. The zero-order valence-corrected chi connectivity index (χ0v) is 10.2. The first kappa shape index (κ1) is 12.8. The predicted octanol–water partition coefficient (Wildman–Crippen LogP) is 2.84. The molecule has 0 bridgehead atoms. The van der Waals surface area contributed by atoms with Crippen LogP contribution in [0.15, 0.2) is 42.5 Å². The Morgan fingerprint density at radius 1 is 1.21 bits per heavy atom. The molecule has 0 amide bonds. The fourth-order valence-corrected chi connectivity index (χ4v) is 1.82. The van der Waals surface area contributed by atoms with Gasteiger partial charge < -0.3 is 5.11 Å². The Hall–Kier alpha value is -2.69. The highest BCUT2D eigenvalue weighted by Gasteiger charge is 2.22. The number of phenols is 1. The zero-order chi connectivity index (χ0) is 14.0. The zero-order valence-electron chi connectivity index (χ0n) is 10.2. The number of hydrogen-bond acceptors (Lipinski definition) is 4. The Bertz CT molecular complexity index is 650. The van der Waals surface area contributed by atoms with Gasteiger partial charge in [-0.2, -0.15) is 0 Å². The maximum atomic E-state index is 12.2. The van der Waals surface area contributed by atoms with Crippen LogP contribution in [-0.2, 0) is 0 Å². The quantitative estimate of drug-likeness (QED) is 0.520. The number of carbonyl (C=O) groups excluding carboxylic acids is 1. The van der Waals surface area contributed by atoms with Crippen LogP contribution in [0.1, 0.15) is 21.5 Å². The summed E-state index contributed by atoms with van der Waals surface area (Å²) in [6.45, 7) is 1.63. The minimum absolute atomic E-state index is 0.0575. The van der Waals surface area contributed by atoms with Gasteiger partial charge in [0.1, 0.15) is 0 Å². The average molecular weight is 257 g/mol. The molecule has 2 rings (SSSR count). The lowest BCUT2D eigenvalue weighted by Crippen LogP contribution is -2.03. The first-order valence-corrected chi connectivity index (χ1v) is 5.58. The summed E-state index contributed by atoms with van der Waals surface area (Å²) in [5, 5.41) is 20.7. The van der Waals surface area contributed by atoms with Crippen molar-refractivity contribution in [2.75, 3.05) is 0 Å². The van der Waals surface area contributed by atoms with E-state index in [1.807, 2.05) is 0 Å². The van der Waals surface area contributed by atoms with Crippen LogP contribution in [0.2, 0.25) is 0 Å². The second-order valence-corrected chi connectivity index (χ2v) is 4.13. The van der Waals surface area contributed by atoms with Crippen LogP contribution in [0.4, 0.5) is 5.69 Å². The van der Waals surface area contributed by atoms with Crippen LogP contribution in [0, 0.1) is 17.0 Å². The number of nitrogens with zero attached hydrogens (tertiary/aromatic N) is 1. The molecule has 0 unspecified atom stereocenters. The number of ketones is 1. The van der Waals surface area contributed by atoms with E-state index in [2.05, 4.69) is 0 Å². The topological polar surface area (TPSA) is 80.4 Å². The second-order valence-electron chi connectivity index (χ2n) is 4.13. The maximum Gasteiger partial charge on any atom is 0.311 e. The predicted molar refractivity (Wildman–Crippen MR) is 69.4 cm³/mol. The van der Waals surface area contributed by atoms with Crippen LogP contribution in [0.25, 0.3) is 0 Å². The number of hydrogen-bond donors (Lipinski definition) is 1. The molecule has 0 fully saturated rings. The summed E-state index contributed by atoms with van der Waals surface area (Å²) in [5.74, 6) is -1.03. The summed E-state index contributed by atoms with van der Waals surface area (Å²) in [7, 11) is 0. The molecule has 1 N–H and O–H groups in total. The second kappa shape index (κ2) is 4.89.